The monoisotopic (exact) mass is 275 g/mol. The van der Waals surface area contributed by atoms with Crippen molar-refractivity contribution in [3.05, 3.63) is 29.8 Å². The number of carbonyl (C=O) groups is 1. The first-order valence-electron chi connectivity index (χ1n) is 5.47. The minimum atomic E-state index is -0.920. The fourth-order valence-electron chi connectivity index (χ4n) is 1.03. The highest BCUT2D eigenvalue weighted by Crippen LogP contribution is 2.19. The van der Waals surface area contributed by atoms with Crippen molar-refractivity contribution in [3.63, 3.8) is 0 Å². The molecule has 0 radical (unpaired) electrons. The fourth-order valence-corrected chi connectivity index (χ4v) is 1.74. The predicted octanol–water partition coefficient (Wildman–Crippen LogP) is 2.76. The van der Waals surface area contributed by atoms with E-state index < -0.39 is 11.6 Å². The Bertz CT molecular complexity index is 413. The number of carbonyl (C=O) groups excluding carboxylic acids is 1. The second-order valence-electron chi connectivity index (χ2n) is 4.09. The third-order valence-corrected chi connectivity index (χ3v) is 2.86. The largest absolute Gasteiger partial charge is 0.273 e. The number of nitrogens with one attached hydrogen (secondary N) is 1. The van der Waals surface area contributed by atoms with E-state index >= 15 is 0 Å². The molecule has 0 spiro atoms. The molecule has 0 unspecified atom stereocenters. The summed E-state index contributed by atoms with van der Waals surface area (Å²) < 4.78 is 25.5. The molecule has 3 nitrogen and oxygen atoms in total. The van der Waals surface area contributed by atoms with Gasteiger partial charge in [0.2, 0.25) is 0 Å². The van der Waals surface area contributed by atoms with Gasteiger partial charge in [-0.3, -0.25) is 9.63 Å². The Morgan fingerprint density at radius 1 is 1.39 bits per heavy atom. The topological polar surface area (TPSA) is 38.3 Å². The van der Waals surface area contributed by atoms with E-state index in [4.69, 9.17) is 4.84 Å². The maximum Gasteiger partial charge on any atom is 0.253 e. The van der Waals surface area contributed by atoms with Gasteiger partial charge < -0.3 is 0 Å². The maximum atomic E-state index is 12.9. The molecule has 0 aliphatic rings. The Morgan fingerprint density at radius 2 is 2.11 bits per heavy atom. The predicted molar refractivity (Wildman–Crippen MR) is 66.0 cm³/mol. The van der Waals surface area contributed by atoms with Gasteiger partial charge in [-0.25, -0.2) is 14.3 Å². The standard InChI is InChI=1S/C12H15F2NO2S/c1-8(2)6-17-15-12(16)7-18-9-3-4-10(13)11(14)5-9/h3-5,8H,6-7H2,1-2H3,(H,15,16). The van der Waals surface area contributed by atoms with Crippen LogP contribution in [0.1, 0.15) is 13.8 Å². The van der Waals surface area contributed by atoms with Crippen LogP contribution in [0.4, 0.5) is 8.78 Å². The van der Waals surface area contributed by atoms with E-state index in [1.54, 1.807) is 0 Å². The van der Waals surface area contributed by atoms with Gasteiger partial charge in [0.15, 0.2) is 11.6 Å². The quantitative estimate of drug-likeness (QED) is 0.641. The first-order valence-corrected chi connectivity index (χ1v) is 6.46. The van der Waals surface area contributed by atoms with E-state index in [0.717, 1.165) is 23.9 Å². The van der Waals surface area contributed by atoms with Crippen LogP contribution in [0.15, 0.2) is 23.1 Å². The number of amides is 1. The van der Waals surface area contributed by atoms with Gasteiger partial charge in [0, 0.05) is 4.90 Å². The van der Waals surface area contributed by atoms with E-state index in [2.05, 4.69) is 5.48 Å². The first kappa shape index (κ1) is 14.9. The summed E-state index contributed by atoms with van der Waals surface area (Å²) in [5, 5.41) is 0. The van der Waals surface area contributed by atoms with Crippen LogP contribution < -0.4 is 5.48 Å². The molecular formula is C12H15F2NO2S. The number of hydrogen-bond donors (Lipinski definition) is 1. The van der Waals surface area contributed by atoms with Crippen LogP contribution in [0.25, 0.3) is 0 Å². The van der Waals surface area contributed by atoms with Crippen LogP contribution in [-0.4, -0.2) is 18.3 Å². The Hall–Kier alpha value is -1.14. The number of thioether (sulfide) groups is 1. The lowest BCUT2D eigenvalue weighted by Gasteiger charge is -2.07. The van der Waals surface area contributed by atoms with Crippen molar-refractivity contribution in [1.82, 2.24) is 5.48 Å². The van der Waals surface area contributed by atoms with Gasteiger partial charge in [-0.2, -0.15) is 0 Å². The Balaban J connectivity index is 2.31. The van der Waals surface area contributed by atoms with E-state index in [1.807, 2.05) is 13.8 Å². The molecule has 0 saturated carbocycles. The summed E-state index contributed by atoms with van der Waals surface area (Å²) in [6.45, 7) is 4.35. The number of hydroxylamine groups is 1. The molecule has 1 aromatic carbocycles. The minimum Gasteiger partial charge on any atom is -0.273 e. The van der Waals surface area contributed by atoms with Crippen LogP contribution in [0.3, 0.4) is 0 Å². The highest BCUT2D eigenvalue weighted by atomic mass is 32.2. The van der Waals surface area contributed by atoms with Gasteiger partial charge in [0.05, 0.1) is 12.4 Å². The van der Waals surface area contributed by atoms with E-state index in [1.165, 1.54) is 6.07 Å². The average Bonchev–Trinajstić information content (AvgIpc) is 2.30. The molecule has 0 aliphatic heterocycles. The Labute approximate surface area is 109 Å². The molecule has 18 heavy (non-hydrogen) atoms. The lowest BCUT2D eigenvalue weighted by atomic mass is 10.2. The lowest BCUT2D eigenvalue weighted by molar-refractivity contribution is -0.131. The minimum absolute atomic E-state index is 0.0865. The maximum absolute atomic E-state index is 12.9. The molecule has 1 aromatic rings. The highest BCUT2D eigenvalue weighted by Gasteiger charge is 2.06. The van der Waals surface area contributed by atoms with Crippen molar-refractivity contribution in [2.75, 3.05) is 12.4 Å². The molecule has 0 aromatic heterocycles. The van der Waals surface area contributed by atoms with Gasteiger partial charge in [-0.05, 0) is 24.1 Å². The van der Waals surface area contributed by atoms with Gasteiger partial charge in [0.1, 0.15) is 0 Å². The summed E-state index contributed by atoms with van der Waals surface area (Å²) >= 11 is 1.11. The third-order valence-electron chi connectivity index (χ3n) is 1.86. The summed E-state index contributed by atoms with van der Waals surface area (Å²) in [5.41, 5.74) is 2.28. The van der Waals surface area contributed by atoms with E-state index in [9.17, 15) is 13.6 Å². The van der Waals surface area contributed by atoms with Crippen molar-refractivity contribution in [1.29, 1.82) is 0 Å². The molecule has 1 N–H and O–H groups in total. The average molecular weight is 275 g/mol. The molecule has 1 rings (SSSR count). The summed E-state index contributed by atoms with van der Waals surface area (Å²) in [7, 11) is 0. The molecule has 6 heteroatoms. The van der Waals surface area contributed by atoms with Crippen molar-refractivity contribution >= 4 is 17.7 Å². The third kappa shape index (κ3) is 5.46. The summed E-state index contributed by atoms with van der Waals surface area (Å²) in [4.78, 5) is 16.8. The molecule has 1 amide bonds. The molecule has 100 valence electrons. The van der Waals surface area contributed by atoms with Crippen molar-refractivity contribution in [2.45, 2.75) is 18.7 Å². The smallest absolute Gasteiger partial charge is 0.253 e. The zero-order chi connectivity index (χ0) is 13.5. The Kier molecular flexibility index (Phi) is 6.07. The highest BCUT2D eigenvalue weighted by molar-refractivity contribution is 8.00. The number of rotatable bonds is 6. The summed E-state index contributed by atoms with van der Waals surface area (Å²) in [5.74, 6) is -1.72. The van der Waals surface area contributed by atoms with Gasteiger partial charge in [-0.15, -0.1) is 11.8 Å². The SMILES string of the molecule is CC(C)CONC(=O)CSc1ccc(F)c(F)c1. The molecule has 0 atom stereocenters. The van der Waals surface area contributed by atoms with Gasteiger partial charge in [-0.1, -0.05) is 13.8 Å². The molecule has 0 saturated heterocycles. The Morgan fingerprint density at radius 3 is 2.72 bits per heavy atom. The number of hydrogen-bond acceptors (Lipinski definition) is 3. The van der Waals surface area contributed by atoms with Crippen LogP contribution in [0, 0.1) is 17.6 Å². The zero-order valence-corrected chi connectivity index (χ0v) is 11.0. The summed E-state index contributed by atoms with van der Waals surface area (Å²) in [6.07, 6.45) is 0. The molecule has 0 fully saturated rings. The molecule has 0 aliphatic carbocycles. The first-order chi connectivity index (χ1) is 8.49. The lowest BCUT2D eigenvalue weighted by Crippen LogP contribution is -2.27. The van der Waals surface area contributed by atoms with Crippen molar-refractivity contribution < 1.29 is 18.4 Å². The molecular weight excluding hydrogens is 260 g/mol. The van der Waals surface area contributed by atoms with Crippen LogP contribution in [0.5, 0.6) is 0 Å². The van der Waals surface area contributed by atoms with Crippen LogP contribution in [-0.2, 0) is 9.63 Å². The second kappa shape index (κ2) is 7.33. The van der Waals surface area contributed by atoms with Gasteiger partial charge >= 0.3 is 0 Å². The molecule has 0 heterocycles. The number of benzene rings is 1. The fraction of sp³-hybridized carbons (Fsp3) is 0.417. The number of halogens is 2. The van der Waals surface area contributed by atoms with Crippen molar-refractivity contribution in [2.24, 2.45) is 5.92 Å². The second-order valence-corrected chi connectivity index (χ2v) is 5.14. The summed E-state index contributed by atoms with van der Waals surface area (Å²) in [6, 6.07) is 3.51. The molecule has 0 bridgehead atoms. The van der Waals surface area contributed by atoms with Crippen LogP contribution >= 0.6 is 11.8 Å². The van der Waals surface area contributed by atoms with Crippen LogP contribution in [0.2, 0.25) is 0 Å². The van der Waals surface area contributed by atoms with E-state index in [0.29, 0.717) is 17.4 Å². The van der Waals surface area contributed by atoms with Crippen molar-refractivity contribution in [3.8, 4) is 0 Å². The van der Waals surface area contributed by atoms with Gasteiger partial charge in [0.25, 0.3) is 5.91 Å². The van der Waals surface area contributed by atoms with E-state index in [-0.39, 0.29) is 11.7 Å². The normalized spacial score (nSPS) is 10.7. The zero-order valence-electron chi connectivity index (χ0n) is 10.2.